The van der Waals surface area contributed by atoms with Gasteiger partial charge in [-0.2, -0.15) is 0 Å². The summed E-state index contributed by atoms with van der Waals surface area (Å²) in [5, 5.41) is 0.714. The van der Waals surface area contributed by atoms with Crippen LogP contribution >= 0.6 is 11.8 Å². The second-order valence-corrected chi connectivity index (χ2v) is 4.77. The molecule has 1 heterocycles. The van der Waals surface area contributed by atoms with E-state index in [1.807, 2.05) is 31.2 Å². The molecule has 2 rings (SSSR count). The number of Topliss-reactive ketones (excluding diaryl/α,β-unsaturated/α-hetero) is 1. The lowest BCUT2D eigenvalue weighted by atomic mass is 10.2. The molecule has 0 atom stereocenters. The summed E-state index contributed by atoms with van der Waals surface area (Å²) in [7, 11) is 0. The molecular formula is C13H12N2OS. The number of carbonyl (C=O) groups is 1. The lowest BCUT2D eigenvalue weighted by molar-refractivity contribution is 0.101. The molecule has 0 spiro atoms. The Labute approximate surface area is 104 Å². The summed E-state index contributed by atoms with van der Waals surface area (Å²) in [5.41, 5.74) is 1.76. The zero-order chi connectivity index (χ0) is 12.3. The molecule has 0 fully saturated rings. The molecule has 0 radical (unpaired) electrons. The van der Waals surface area contributed by atoms with E-state index >= 15 is 0 Å². The summed E-state index contributed by atoms with van der Waals surface area (Å²) in [6, 6.07) is 7.45. The van der Waals surface area contributed by atoms with Crippen molar-refractivity contribution in [2.45, 2.75) is 23.9 Å². The fourth-order valence-corrected chi connectivity index (χ4v) is 1.99. The van der Waals surface area contributed by atoms with E-state index in [0.29, 0.717) is 5.16 Å². The van der Waals surface area contributed by atoms with E-state index in [2.05, 4.69) is 9.97 Å². The number of hydrogen-bond donors (Lipinski definition) is 0. The molecule has 0 aliphatic carbocycles. The number of carbonyl (C=O) groups excluding carboxylic acids is 1. The first-order valence-corrected chi connectivity index (χ1v) is 6.04. The van der Waals surface area contributed by atoms with Gasteiger partial charge in [0.05, 0.1) is 0 Å². The summed E-state index contributed by atoms with van der Waals surface area (Å²) in [6.45, 7) is 3.52. The molecule has 3 nitrogen and oxygen atoms in total. The van der Waals surface area contributed by atoms with E-state index in [4.69, 9.17) is 0 Å². The van der Waals surface area contributed by atoms with E-state index < -0.39 is 0 Å². The van der Waals surface area contributed by atoms with Crippen molar-refractivity contribution in [3.8, 4) is 0 Å². The van der Waals surface area contributed by atoms with Crippen LogP contribution in [0.3, 0.4) is 0 Å². The van der Waals surface area contributed by atoms with E-state index in [9.17, 15) is 4.79 Å². The Balaban J connectivity index is 2.13. The van der Waals surface area contributed by atoms with Gasteiger partial charge in [-0.25, -0.2) is 9.97 Å². The molecule has 0 aliphatic heterocycles. The van der Waals surface area contributed by atoms with Crippen LogP contribution in [0.2, 0.25) is 0 Å². The van der Waals surface area contributed by atoms with Crippen LogP contribution in [0.1, 0.15) is 22.8 Å². The predicted octanol–water partition coefficient (Wildman–Crippen LogP) is 3.14. The Hall–Kier alpha value is -1.68. The van der Waals surface area contributed by atoms with Crippen LogP contribution in [0.4, 0.5) is 0 Å². The van der Waals surface area contributed by atoms with Gasteiger partial charge >= 0.3 is 0 Å². The maximum Gasteiger partial charge on any atom is 0.192 e. The van der Waals surface area contributed by atoms with Crippen molar-refractivity contribution < 1.29 is 4.79 Å². The maximum absolute atomic E-state index is 11.1. The number of nitrogens with zero attached hydrogens (tertiary/aromatic N) is 2. The first-order chi connectivity index (χ1) is 8.15. The van der Waals surface area contributed by atoms with Gasteiger partial charge < -0.3 is 0 Å². The van der Waals surface area contributed by atoms with Crippen molar-refractivity contribution in [3.05, 3.63) is 47.8 Å². The van der Waals surface area contributed by atoms with Crippen molar-refractivity contribution in [2.75, 3.05) is 0 Å². The Morgan fingerprint density at radius 3 is 2.24 bits per heavy atom. The Kier molecular flexibility index (Phi) is 3.54. The number of rotatable bonds is 3. The van der Waals surface area contributed by atoms with Crippen LogP contribution in [0, 0.1) is 6.92 Å². The molecule has 0 saturated heterocycles. The molecule has 17 heavy (non-hydrogen) atoms. The van der Waals surface area contributed by atoms with E-state index in [1.165, 1.54) is 11.8 Å². The van der Waals surface area contributed by atoms with Gasteiger partial charge in [-0.1, -0.05) is 12.1 Å². The van der Waals surface area contributed by atoms with Crippen LogP contribution in [-0.4, -0.2) is 15.8 Å². The molecule has 0 aliphatic rings. The normalized spacial score (nSPS) is 10.2. The van der Waals surface area contributed by atoms with Crippen LogP contribution in [0.5, 0.6) is 0 Å². The molecule has 4 heteroatoms. The van der Waals surface area contributed by atoms with Gasteiger partial charge in [-0.3, -0.25) is 4.79 Å². The lowest BCUT2D eigenvalue weighted by Crippen LogP contribution is -1.91. The van der Waals surface area contributed by atoms with Crippen LogP contribution in [0.15, 0.2) is 46.7 Å². The third-order valence-corrected chi connectivity index (χ3v) is 3.13. The maximum atomic E-state index is 11.1. The second kappa shape index (κ2) is 5.10. The largest absolute Gasteiger partial charge is 0.295 e. The first kappa shape index (κ1) is 11.8. The highest BCUT2D eigenvalue weighted by Gasteiger charge is 2.02. The van der Waals surface area contributed by atoms with Gasteiger partial charge in [0.1, 0.15) is 0 Å². The van der Waals surface area contributed by atoms with Crippen molar-refractivity contribution in [2.24, 2.45) is 0 Å². The fraction of sp³-hybridized carbons (Fsp3) is 0.154. The van der Waals surface area contributed by atoms with Gasteiger partial charge in [0.15, 0.2) is 10.9 Å². The smallest absolute Gasteiger partial charge is 0.192 e. The van der Waals surface area contributed by atoms with Crippen LogP contribution < -0.4 is 0 Å². The fourth-order valence-electron chi connectivity index (χ4n) is 1.30. The van der Waals surface area contributed by atoms with Gasteiger partial charge in [0, 0.05) is 22.9 Å². The van der Waals surface area contributed by atoms with Crippen molar-refractivity contribution >= 4 is 17.5 Å². The zero-order valence-electron chi connectivity index (χ0n) is 9.68. The lowest BCUT2D eigenvalue weighted by Gasteiger charge is -2.01. The van der Waals surface area contributed by atoms with Gasteiger partial charge in [0.25, 0.3) is 0 Å². The Morgan fingerprint density at radius 1 is 1.12 bits per heavy atom. The van der Waals surface area contributed by atoms with E-state index in [0.717, 1.165) is 16.0 Å². The minimum absolute atomic E-state index is 0.0770. The average molecular weight is 244 g/mol. The molecule has 0 unspecified atom stereocenters. The highest BCUT2D eigenvalue weighted by Crippen LogP contribution is 2.24. The predicted molar refractivity (Wildman–Crippen MR) is 67.3 cm³/mol. The molecule has 0 saturated carbocycles. The highest BCUT2D eigenvalue weighted by atomic mass is 32.2. The quantitative estimate of drug-likeness (QED) is 0.614. The summed E-state index contributed by atoms with van der Waals surface area (Å²) in [5.74, 6) is 0.0770. The molecule has 86 valence electrons. The van der Waals surface area contributed by atoms with E-state index in [-0.39, 0.29) is 5.78 Å². The number of aryl methyl sites for hydroxylation is 1. The Bertz CT molecular complexity index is 520. The number of benzene rings is 1. The minimum Gasteiger partial charge on any atom is -0.295 e. The molecule has 1 aromatic heterocycles. The molecule has 1 aromatic carbocycles. The topological polar surface area (TPSA) is 42.9 Å². The number of aromatic nitrogens is 2. The Morgan fingerprint density at radius 2 is 1.71 bits per heavy atom. The number of hydrogen-bond acceptors (Lipinski definition) is 4. The molecule has 0 N–H and O–H groups in total. The summed E-state index contributed by atoms with van der Waals surface area (Å²) in [4.78, 5) is 20.6. The van der Waals surface area contributed by atoms with Gasteiger partial charge in [-0.05, 0) is 43.3 Å². The monoisotopic (exact) mass is 244 g/mol. The zero-order valence-corrected chi connectivity index (χ0v) is 10.5. The van der Waals surface area contributed by atoms with Crippen molar-refractivity contribution in [1.82, 2.24) is 9.97 Å². The molecule has 2 aromatic rings. The van der Waals surface area contributed by atoms with Gasteiger partial charge in [-0.15, -0.1) is 0 Å². The highest BCUT2D eigenvalue weighted by molar-refractivity contribution is 7.99. The van der Waals surface area contributed by atoms with Crippen LogP contribution in [0.25, 0.3) is 0 Å². The van der Waals surface area contributed by atoms with Crippen LogP contribution in [-0.2, 0) is 0 Å². The first-order valence-electron chi connectivity index (χ1n) is 5.22. The van der Waals surface area contributed by atoms with Crippen molar-refractivity contribution in [3.63, 3.8) is 0 Å². The van der Waals surface area contributed by atoms with E-state index in [1.54, 1.807) is 19.3 Å². The average Bonchev–Trinajstić information content (AvgIpc) is 2.33. The third kappa shape index (κ3) is 3.14. The molecule has 0 bridgehead atoms. The van der Waals surface area contributed by atoms with Crippen molar-refractivity contribution in [1.29, 1.82) is 0 Å². The second-order valence-electron chi connectivity index (χ2n) is 3.73. The molecular weight excluding hydrogens is 232 g/mol. The summed E-state index contributed by atoms with van der Waals surface area (Å²) in [6.07, 6.45) is 3.58. The summed E-state index contributed by atoms with van der Waals surface area (Å²) >= 11 is 1.48. The number of ketones is 1. The molecule has 0 amide bonds. The standard InChI is InChI=1S/C13H12N2OS/c1-9-7-14-13(15-8-9)17-12-5-3-11(4-6-12)10(2)16/h3-8H,1-2H3. The van der Waals surface area contributed by atoms with Gasteiger partial charge in [0.2, 0.25) is 0 Å². The third-order valence-electron chi connectivity index (χ3n) is 2.23. The SMILES string of the molecule is CC(=O)c1ccc(Sc2ncc(C)cn2)cc1. The summed E-state index contributed by atoms with van der Waals surface area (Å²) < 4.78 is 0. The minimum atomic E-state index is 0.0770.